The van der Waals surface area contributed by atoms with Gasteiger partial charge in [-0.3, -0.25) is 4.79 Å². The maximum atomic E-state index is 11.7. The second-order valence-corrected chi connectivity index (χ2v) is 4.23. The van der Waals surface area contributed by atoms with Crippen molar-refractivity contribution in [3.05, 3.63) is 29.8 Å². The minimum absolute atomic E-state index is 0.0934. The number of hydrogen-bond acceptors (Lipinski definition) is 1. The first kappa shape index (κ1) is 12.8. The molecule has 1 aromatic carbocycles. The van der Waals surface area contributed by atoms with Crippen LogP contribution in [0.2, 0.25) is 0 Å². The number of amides is 1. The van der Waals surface area contributed by atoms with E-state index in [1.165, 1.54) is 5.56 Å². The Morgan fingerprint density at radius 2 is 1.88 bits per heavy atom. The number of anilines is 1. The molecule has 16 heavy (non-hydrogen) atoms. The van der Waals surface area contributed by atoms with Gasteiger partial charge in [-0.2, -0.15) is 0 Å². The largest absolute Gasteiger partial charge is 0.326 e. The van der Waals surface area contributed by atoms with Crippen molar-refractivity contribution in [1.82, 2.24) is 0 Å². The Morgan fingerprint density at radius 1 is 1.25 bits per heavy atom. The lowest BCUT2D eigenvalue weighted by molar-refractivity contribution is -0.119. The molecule has 1 unspecified atom stereocenters. The van der Waals surface area contributed by atoms with Gasteiger partial charge in [0.15, 0.2) is 0 Å². The molecule has 0 aliphatic rings. The lowest BCUT2D eigenvalue weighted by atomic mass is 10.1. The molecule has 0 aliphatic carbocycles. The molecule has 0 fully saturated rings. The van der Waals surface area contributed by atoms with Gasteiger partial charge in [0.2, 0.25) is 5.91 Å². The van der Waals surface area contributed by atoms with Crippen molar-refractivity contribution in [2.45, 2.75) is 40.0 Å². The number of carbonyl (C=O) groups excluding carboxylic acids is 1. The summed E-state index contributed by atoms with van der Waals surface area (Å²) in [6, 6.07) is 8.05. The number of hydrogen-bond donors (Lipinski definition) is 1. The van der Waals surface area contributed by atoms with E-state index in [1.807, 2.05) is 19.1 Å². The van der Waals surface area contributed by atoms with Gasteiger partial charge < -0.3 is 5.32 Å². The van der Waals surface area contributed by atoms with Crippen molar-refractivity contribution in [2.24, 2.45) is 5.92 Å². The summed E-state index contributed by atoms with van der Waals surface area (Å²) in [7, 11) is 0. The molecule has 0 aliphatic heterocycles. The van der Waals surface area contributed by atoms with E-state index in [1.54, 1.807) is 0 Å². The molecule has 1 atom stereocenters. The summed E-state index contributed by atoms with van der Waals surface area (Å²) < 4.78 is 0. The van der Waals surface area contributed by atoms with Crippen LogP contribution in [0.25, 0.3) is 0 Å². The second-order valence-electron chi connectivity index (χ2n) is 4.23. The molecule has 2 heteroatoms. The molecule has 1 aromatic rings. The maximum Gasteiger partial charge on any atom is 0.227 e. The SMILES string of the molecule is CCCC(C)C(=O)Nc1ccc(CC)cc1. The number of nitrogens with one attached hydrogen (secondary N) is 1. The van der Waals surface area contributed by atoms with E-state index in [4.69, 9.17) is 0 Å². The molecule has 1 N–H and O–H groups in total. The van der Waals surface area contributed by atoms with Crippen molar-refractivity contribution >= 4 is 11.6 Å². The first-order valence-electron chi connectivity index (χ1n) is 6.07. The molecule has 0 saturated carbocycles. The van der Waals surface area contributed by atoms with Gasteiger partial charge in [-0.15, -0.1) is 0 Å². The van der Waals surface area contributed by atoms with Gasteiger partial charge in [-0.05, 0) is 30.5 Å². The van der Waals surface area contributed by atoms with E-state index >= 15 is 0 Å². The van der Waals surface area contributed by atoms with Gasteiger partial charge in [0.1, 0.15) is 0 Å². The molecular formula is C14H21NO. The van der Waals surface area contributed by atoms with E-state index in [-0.39, 0.29) is 11.8 Å². The summed E-state index contributed by atoms with van der Waals surface area (Å²) in [4.78, 5) is 11.7. The second kappa shape index (κ2) is 6.31. The highest BCUT2D eigenvalue weighted by Crippen LogP contribution is 2.13. The number of aryl methyl sites for hydroxylation is 1. The van der Waals surface area contributed by atoms with Crippen molar-refractivity contribution in [1.29, 1.82) is 0 Å². The van der Waals surface area contributed by atoms with E-state index in [9.17, 15) is 4.79 Å². The quantitative estimate of drug-likeness (QED) is 0.805. The van der Waals surface area contributed by atoms with Crippen LogP contribution in [0.3, 0.4) is 0 Å². The lowest BCUT2D eigenvalue weighted by Gasteiger charge is -2.11. The first-order valence-corrected chi connectivity index (χ1v) is 6.07. The Bertz CT molecular complexity index is 329. The molecule has 2 nitrogen and oxygen atoms in total. The Kier molecular flexibility index (Phi) is 5.03. The summed E-state index contributed by atoms with van der Waals surface area (Å²) in [6.45, 7) is 6.19. The van der Waals surface area contributed by atoms with Crippen LogP contribution < -0.4 is 5.32 Å². The maximum absolute atomic E-state index is 11.7. The predicted molar refractivity (Wildman–Crippen MR) is 68.5 cm³/mol. The van der Waals surface area contributed by atoms with Crippen molar-refractivity contribution in [3.8, 4) is 0 Å². The summed E-state index contributed by atoms with van der Waals surface area (Å²) in [6.07, 6.45) is 3.02. The first-order chi connectivity index (χ1) is 7.67. The van der Waals surface area contributed by atoms with Crippen LogP contribution in [0.4, 0.5) is 5.69 Å². The zero-order chi connectivity index (χ0) is 12.0. The van der Waals surface area contributed by atoms with Crippen LogP contribution in [0.1, 0.15) is 39.2 Å². The molecular weight excluding hydrogens is 198 g/mol. The summed E-state index contributed by atoms with van der Waals surface area (Å²) in [5.41, 5.74) is 2.18. The molecule has 0 spiro atoms. The zero-order valence-electron chi connectivity index (χ0n) is 10.4. The molecule has 0 bridgehead atoms. The minimum Gasteiger partial charge on any atom is -0.326 e. The lowest BCUT2D eigenvalue weighted by Crippen LogP contribution is -2.20. The highest BCUT2D eigenvalue weighted by Gasteiger charge is 2.11. The van der Waals surface area contributed by atoms with Gasteiger partial charge >= 0.3 is 0 Å². The average Bonchev–Trinajstić information content (AvgIpc) is 2.30. The Balaban J connectivity index is 2.55. The highest BCUT2D eigenvalue weighted by molar-refractivity contribution is 5.92. The van der Waals surface area contributed by atoms with E-state index in [0.29, 0.717) is 0 Å². The van der Waals surface area contributed by atoms with Crippen molar-refractivity contribution in [2.75, 3.05) is 5.32 Å². The fraction of sp³-hybridized carbons (Fsp3) is 0.500. The van der Waals surface area contributed by atoms with Gasteiger partial charge in [0.25, 0.3) is 0 Å². The van der Waals surface area contributed by atoms with Crippen molar-refractivity contribution < 1.29 is 4.79 Å². The third-order valence-electron chi connectivity index (χ3n) is 2.80. The third kappa shape index (κ3) is 3.69. The van der Waals surface area contributed by atoms with E-state index < -0.39 is 0 Å². The van der Waals surface area contributed by atoms with Crippen LogP contribution in [-0.4, -0.2) is 5.91 Å². The Hall–Kier alpha value is -1.31. The molecule has 0 saturated heterocycles. The van der Waals surface area contributed by atoms with Crippen LogP contribution in [0, 0.1) is 5.92 Å². The van der Waals surface area contributed by atoms with Crippen LogP contribution in [0.15, 0.2) is 24.3 Å². The predicted octanol–water partition coefficient (Wildman–Crippen LogP) is 3.62. The van der Waals surface area contributed by atoms with Crippen LogP contribution >= 0.6 is 0 Å². The zero-order valence-corrected chi connectivity index (χ0v) is 10.4. The smallest absolute Gasteiger partial charge is 0.227 e. The number of benzene rings is 1. The van der Waals surface area contributed by atoms with Gasteiger partial charge in [-0.25, -0.2) is 0 Å². The molecule has 88 valence electrons. The number of rotatable bonds is 5. The van der Waals surface area contributed by atoms with Crippen LogP contribution in [-0.2, 0) is 11.2 Å². The summed E-state index contributed by atoms with van der Waals surface area (Å²) in [5, 5.41) is 2.94. The average molecular weight is 219 g/mol. The van der Waals surface area contributed by atoms with E-state index in [2.05, 4.69) is 31.3 Å². The monoisotopic (exact) mass is 219 g/mol. The molecule has 0 heterocycles. The molecule has 0 aromatic heterocycles. The molecule has 1 amide bonds. The Morgan fingerprint density at radius 3 is 2.38 bits per heavy atom. The standard InChI is InChI=1S/C14H21NO/c1-4-6-11(3)14(16)15-13-9-7-12(5-2)8-10-13/h7-11H,4-6H2,1-3H3,(H,15,16). The topological polar surface area (TPSA) is 29.1 Å². The van der Waals surface area contributed by atoms with Crippen LogP contribution in [0.5, 0.6) is 0 Å². The number of carbonyl (C=O) groups is 1. The third-order valence-corrected chi connectivity index (χ3v) is 2.80. The summed E-state index contributed by atoms with van der Waals surface area (Å²) >= 11 is 0. The van der Waals surface area contributed by atoms with Gasteiger partial charge in [-0.1, -0.05) is 39.3 Å². The van der Waals surface area contributed by atoms with Gasteiger partial charge in [0, 0.05) is 11.6 Å². The fourth-order valence-electron chi connectivity index (χ4n) is 1.65. The molecule has 1 rings (SSSR count). The van der Waals surface area contributed by atoms with Gasteiger partial charge in [0.05, 0.1) is 0 Å². The minimum atomic E-state index is 0.0934. The fourth-order valence-corrected chi connectivity index (χ4v) is 1.65. The van der Waals surface area contributed by atoms with E-state index in [0.717, 1.165) is 24.9 Å². The highest BCUT2D eigenvalue weighted by atomic mass is 16.1. The Labute approximate surface area is 98.1 Å². The van der Waals surface area contributed by atoms with Crippen molar-refractivity contribution in [3.63, 3.8) is 0 Å². The summed E-state index contributed by atoms with van der Waals surface area (Å²) in [5.74, 6) is 0.210. The molecule has 0 radical (unpaired) electrons. The normalized spacial score (nSPS) is 12.2.